The lowest BCUT2D eigenvalue weighted by Crippen LogP contribution is -2.19. The third kappa shape index (κ3) is 7.94. The second-order valence-corrected chi connectivity index (χ2v) is 7.90. The summed E-state index contributed by atoms with van der Waals surface area (Å²) in [6.07, 6.45) is 3.14. The Hall–Kier alpha value is -5.60. The van der Waals surface area contributed by atoms with Crippen LogP contribution in [0.5, 0.6) is 0 Å². The number of aromatic amines is 2. The van der Waals surface area contributed by atoms with Crippen LogP contribution in [0.2, 0.25) is 0 Å². The lowest BCUT2D eigenvalue weighted by molar-refractivity contribution is 0.0513. The van der Waals surface area contributed by atoms with E-state index in [0.29, 0.717) is 33.2 Å². The van der Waals surface area contributed by atoms with Crippen LogP contribution in [-0.2, 0) is 4.84 Å². The van der Waals surface area contributed by atoms with E-state index in [2.05, 4.69) is 35.1 Å². The minimum absolute atomic E-state index is 0.0865. The van der Waals surface area contributed by atoms with Crippen LogP contribution in [0.3, 0.4) is 0 Å². The fourth-order valence-electron chi connectivity index (χ4n) is 3.01. The van der Waals surface area contributed by atoms with Crippen LogP contribution < -0.4 is 22.6 Å². The number of aromatic carboxylic acids is 1. The van der Waals surface area contributed by atoms with Gasteiger partial charge in [0.05, 0.1) is 11.0 Å². The molecule has 204 valence electrons. The van der Waals surface area contributed by atoms with Gasteiger partial charge in [0.1, 0.15) is 22.8 Å². The van der Waals surface area contributed by atoms with Gasteiger partial charge in [0, 0.05) is 34.6 Å². The predicted octanol–water partition coefficient (Wildman–Crippen LogP) is 1.36. The van der Waals surface area contributed by atoms with Gasteiger partial charge in [-0.25, -0.2) is 9.59 Å². The first-order chi connectivity index (χ1) is 18.3. The minimum Gasteiger partial charge on any atom is -0.477 e. The number of carboxylic acids is 1. The van der Waals surface area contributed by atoms with E-state index in [1.807, 2.05) is 0 Å². The van der Waals surface area contributed by atoms with Crippen molar-refractivity contribution in [1.29, 1.82) is 0 Å². The van der Waals surface area contributed by atoms with E-state index in [1.54, 1.807) is 38.4 Å². The number of carbonyl (C=O) groups is 2. The molecule has 0 spiro atoms. The Morgan fingerprint density at radius 1 is 0.872 bits per heavy atom. The third-order valence-electron chi connectivity index (χ3n) is 4.82. The topological polar surface area (TPSA) is 252 Å². The van der Waals surface area contributed by atoms with Gasteiger partial charge in [-0.3, -0.25) is 19.6 Å². The van der Waals surface area contributed by atoms with Gasteiger partial charge >= 0.3 is 11.9 Å². The van der Waals surface area contributed by atoms with Gasteiger partial charge < -0.3 is 36.6 Å². The molecule has 0 aromatic carbocycles. The van der Waals surface area contributed by atoms with Gasteiger partial charge in [0.2, 0.25) is 0 Å². The average molecular weight is 539 g/mol. The number of aromatic nitrogens is 4. The standard InChI is InChI=1S/C12H12N4O3.C10H8N2O3.C2H6N2O/c1-6-8-5-9(12(18)19-16-7(2)13)11(17)15-10(8)3-4-14-6;1-5-6-4-7(10(14)15)9(13)12-8(6)2-3-11-5;1-2(3)4-5/h3-5H,1-2H3,(H2,13,16)(H,15,17);2-4H,1H3,(H,12,13)(H,14,15);5H,1H3,(H2,3,4). The predicted molar refractivity (Wildman–Crippen MR) is 143 cm³/mol. The molecule has 15 nitrogen and oxygen atoms in total. The fraction of sp³-hybridized carbons (Fsp3) is 0.167. The van der Waals surface area contributed by atoms with E-state index in [-0.39, 0.29) is 22.8 Å². The maximum atomic E-state index is 11.8. The molecule has 0 aliphatic rings. The number of hydrogen-bond acceptors (Lipinski definition) is 10. The monoisotopic (exact) mass is 538 g/mol. The maximum Gasteiger partial charge on any atom is 0.371 e. The van der Waals surface area contributed by atoms with E-state index in [4.69, 9.17) is 21.8 Å². The van der Waals surface area contributed by atoms with Crippen molar-refractivity contribution in [2.45, 2.75) is 27.7 Å². The molecule has 0 bridgehead atoms. The smallest absolute Gasteiger partial charge is 0.371 e. The number of fused-ring (bicyclic) bond motifs is 2. The van der Waals surface area contributed by atoms with Crippen molar-refractivity contribution >= 4 is 45.4 Å². The van der Waals surface area contributed by atoms with Crippen LogP contribution in [0.4, 0.5) is 0 Å². The zero-order valence-electron chi connectivity index (χ0n) is 21.3. The molecule has 0 unspecified atom stereocenters. The third-order valence-corrected chi connectivity index (χ3v) is 4.82. The van der Waals surface area contributed by atoms with Crippen molar-refractivity contribution in [1.82, 2.24) is 19.9 Å². The maximum absolute atomic E-state index is 11.8. The van der Waals surface area contributed by atoms with Gasteiger partial charge in [-0.05, 0) is 52.0 Å². The Balaban J connectivity index is 0.000000238. The van der Waals surface area contributed by atoms with Crippen LogP contribution in [0.25, 0.3) is 21.8 Å². The molecule has 0 saturated heterocycles. The highest BCUT2D eigenvalue weighted by Crippen LogP contribution is 2.14. The molecule has 4 heterocycles. The van der Waals surface area contributed by atoms with Crippen molar-refractivity contribution < 1.29 is 24.7 Å². The molecule has 0 saturated carbocycles. The van der Waals surface area contributed by atoms with Crippen LogP contribution in [0.1, 0.15) is 46.0 Å². The van der Waals surface area contributed by atoms with E-state index >= 15 is 0 Å². The number of carbonyl (C=O) groups excluding carboxylic acids is 1. The highest BCUT2D eigenvalue weighted by atomic mass is 16.7. The Bertz CT molecular complexity index is 1700. The Morgan fingerprint density at radius 3 is 1.72 bits per heavy atom. The molecular formula is C24H26N8O7. The molecule has 0 amide bonds. The summed E-state index contributed by atoms with van der Waals surface area (Å²) in [5, 5.41) is 23.6. The van der Waals surface area contributed by atoms with E-state index in [9.17, 15) is 19.2 Å². The quantitative estimate of drug-likeness (QED) is 0.0713. The lowest BCUT2D eigenvalue weighted by Gasteiger charge is -2.03. The number of H-pyrrole nitrogens is 2. The number of nitrogens with one attached hydrogen (secondary N) is 2. The fourth-order valence-corrected chi connectivity index (χ4v) is 3.01. The summed E-state index contributed by atoms with van der Waals surface area (Å²) in [4.78, 5) is 63.3. The number of nitrogens with two attached hydrogens (primary N) is 2. The lowest BCUT2D eigenvalue weighted by atomic mass is 10.1. The summed E-state index contributed by atoms with van der Waals surface area (Å²) >= 11 is 0. The van der Waals surface area contributed by atoms with Crippen LogP contribution >= 0.6 is 0 Å². The first kappa shape index (κ1) is 29.6. The van der Waals surface area contributed by atoms with E-state index < -0.39 is 23.1 Å². The molecular weight excluding hydrogens is 512 g/mol. The largest absolute Gasteiger partial charge is 0.477 e. The molecule has 4 rings (SSSR count). The summed E-state index contributed by atoms with van der Waals surface area (Å²) in [5.41, 5.74) is 11.1. The molecule has 15 heteroatoms. The summed E-state index contributed by atoms with van der Waals surface area (Å²) in [6, 6.07) is 6.06. The first-order valence-corrected chi connectivity index (χ1v) is 11.0. The van der Waals surface area contributed by atoms with E-state index in [0.717, 1.165) is 0 Å². The van der Waals surface area contributed by atoms with Crippen molar-refractivity contribution in [3.63, 3.8) is 0 Å². The molecule has 4 aromatic heterocycles. The zero-order valence-corrected chi connectivity index (χ0v) is 21.3. The Kier molecular flexibility index (Phi) is 9.95. The second kappa shape index (κ2) is 13.1. The van der Waals surface area contributed by atoms with Gasteiger partial charge in [-0.2, -0.15) is 0 Å². The minimum atomic E-state index is -1.23. The molecule has 8 N–H and O–H groups in total. The molecule has 0 aliphatic carbocycles. The number of hydrogen-bond donors (Lipinski definition) is 6. The molecule has 39 heavy (non-hydrogen) atoms. The highest BCUT2D eigenvalue weighted by molar-refractivity contribution is 5.94. The molecule has 0 aliphatic heterocycles. The number of carboxylic acid groups (broad SMARTS) is 1. The van der Waals surface area contributed by atoms with Crippen molar-refractivity contribution in [3.8, 4) is 0 Å². The number of oxime groups is 2. The van der Waals surface area contributed by atoms with Gasteiger partial charge in [-0.15, -0.1) is 0 Å². The molecule has 0 radical (unpaired) electrons. The summed E-state index contributed by atoms with van der Waals surface area (Å²) < 4.78 is 0. The number of aryl methyl sites for hydroxylation is 2. The Morgan fingerprint density at radius 2 is 1.31 bits per heavy atom. The number of nitrogens with zero attached hydrogens (tertiary/aromatic N) is 4. The molecule has 0 atom stereocenters. The SMILES string of the molecule is CC(N)=NO.CC(N)=NOC(=O)c1cc2c(C)nccc2[nH]c1=O.Cc1nccc2[nH]c(=O)c(C(=O)O)cc12. The highest BCUT2D eigenvalue weighted by Gasteiger charge is 2.15. The van der Waals surface area contributed by atoms with Gasteiger partial charge in [-0.1, -0.05) is 10.3 Å². The van der Waals surface area contributed by atoms with Crippen LogP contribution in [-0.4, -0.2) is 53.9 Å². The normalized spacial score (nSPS) is 11.2. The average Bonchev–Trinajstić information content (AvgIpc) is 2.87. The number of rotatable bonds is 3. The first-order valence-electron chi connectivity index (χ1n) is 11.0. The molecule has 4 aromatic rings. The van der Waals surface area contributed by atoms with Gasteiger partial charge in [0.15, 0.2) is 0 Å². The van der Waals surface area contributed by atoms with E-state index in [1.165, 1.54) is 26.0 Å². The van der Waals surface area contributed by atoms with Crippen molar-refractivity contribution in [3.05, 3.63) is 79.9 Å². The van der Waals surface area contributed by atoms with Crippen LogP contribution in [0, 0.1) is 13.8 Å². The number of amidine groups is 2. The number of pyridine rings is 4. The Labute approximate surface area is 219 Å². The van der Waals surface area contributed by atoms with Gasteiger partial charge in [0.25, 0.3) is 11.1 Å². The molecule has 0 fully saturated rings. The van der Waals surface area contributed by atoms with Crippen molar-refractivity contribution in [2.75, 3.05) is 0 Å². The summed E-state index contributed by atoms with van der Waals surface area (Å²) in [5.74, 6) is -1.83. The second-order valence-electron chi connectivity index (χ2n) is 7.90. The van der Waals surface area contributed by atoms with Crippen molar-refractivity contribution in [2.24, 2.45) is 21.8 Å². The summed E-state index contributed by atoms with van der Waals surface area (Å²) in [7, 11) is 0. The zero-order chi connectivity index (χ0) is 29.3. The van der Waals surface area contributed by atoms with Crippen LogP contribution in [0.15, 0.2) is 56.6 Å². The summed E-state index contributed by atoms with van der Waals surface area (Å²) in [6.45, 7) is 6.50.